The predicted molar refractivity (Wildman–Crippen MR) is 117 cm³/mol. The summed E-state index contributed by atoms with van der Waals surface area (Å²) in [5, 5.41) is 24.2. The van der Waals surface area contributed by atoms with E-state index in [1.807, 2.05) is 31.3 Å². The van der Waals surface area contributed by atoms with Crippen LogP contribution in [-0.2, 0) is 0 Å². The van der Waals surface area contributed by atoms with Crippen LogP contribution in [0.3, 0.4) is 0 Å². The summed E-state index contributed by atoms with van der Waals surface area (Å²) in [6.45, 7) is 2.84. The van der Waals surface area contributed by atoms with Gasteiger partial charge >= 0.3 is 0 Å². The summed E-state index contributed by atoms with van der Waals surface area (Å²) in [7, 11) is 0. The Morgan fingerprint density at radius 1 is 1.27 bits per heavy atom. The van der Waals surface area contributed by atoms with Crippen molar-refractivity contribution in [2.24, 2.45) is 0 Å². The molecule has 5 heterocycles. The van der Waals surface area contributed by atoms with E-state index in [0.29, 0.717) is 24.5 Å². The lowest BCUT2D eigenvalue weighted by Gasteiger charge is -2.39. The van der Waals surface area contributed by atoms with Gasteiger partial charge in [-0.25, -0.2) is 4.98 Å². The number of piperidine rings is 1. The molecule has 0 radical (unpaired) electrons. The Morgan fingerprint density at radius 3 is 2.83 bits per heavy atom. The minimum Gasteiger partial charge on any atom is -0.367 e. The predicted octanol–water partition coefficient (Wildman–Crippen LogP) is 3.73. The van der Waals surface area contributed by atoms with Crippen molar-refractivity contribution in [2.75, 3.05) is 17.2 Å². The van der Waals surface area contributed by atoms with Gasteiger partial charge in [0.1, 0.15) is 17.5 Å². The normalized spacial score (nSPS) is 23.4. The molecule has 3 aromatic rings. The monoisotopic (exact) mass is 402 g/mol. The molecule has 30 heavy (non-hydrogen) atoms. The molecule has 0 aliphatic carbocycles. The van der Waals surface area contributed by atoms with Crippen molar-refractivity contribution in [1.29, 1.82) is 5.26 Å². The Bertz CT molecular complexity index is 1070. The largest absolute Gasteiger partial charge is 0.367 e. The maximum atomic E-state index is 8.96. The van der Waals surface area contributed by atoms with Gasteiger partial charge in [0.2, 0.25) is 0 Å². The van der Waals surface area contributed by atoms with Gasteiger partial charge in [-0.15, -0.1) is 0 Å². The van der Waals surface area contributed by atoms with Crippen LogP contribution in [0.2, 0.25) is 0 Å². The average Bonchev–Trinajstić information content (AvgIpc) is 3.25. The van der Waals surface area contributed by atoms with E-state index in [-0.39, 0.29) is 0 Å². The van der Waals surface area contributed by atoms with Gasteiger partial charge < -0.3 is 10.6 Å². The molecule has 154 valence electrons. The van der Waals surface area contributed by atoms with E-state index in [9.17, 15) is 0 Å². The zero-order chi connectivity index (χ0) is 20.5. The number of hydrogen-bond donors (Lipinski definition) is 3. The fourth-order valence-electron chi connectivity index (χ4n) is 5.00. The zero-order valence-electron chi connectivity index (χ0n) is 17.1. The van der Waals surface area contributed by atoms with Gasteiger partial charge in [0.25, 0.3) is 0 Å². The van der Waals surface area contributed by atoms with Crippen LogP contribution in [0.4, 0.5) is 17.5 Å². The first-order valence-corrected chi connectivity index (χ1v) is 10.6. The van der Waals surface area contributed by atoms with Crippen LogP contribution >= 0.6 is 0 Å². The van der Waals surface area contributed by atoms with Crippen LogP contribution in [0, 0.1) is 18.3 Å². The number of aromatic amines is 1. The van der Waals surface area contributed by atoms with Crippen LogP contribution < -0.4 is 10.6 Å². The molecule has 2 bridgehead atoms. The van der Waals surface area contributed by atoms with Crippen LogP contribution in [0.5, 0.6) is 0 Å². The molecule has 8 nitrogen and oxygen atoms in total. The highest BCUT2D eigenvalue weighted by molar-refractivity contribution is 5.91. The van der Waals surface area contributed by atoms with E-state index in [1.165, 1.54) is 12.8 Å². The Balaban J connectivity index is 1.38. The van der Waals surface area contributed by atoms with Crippen molar-refractivity contribution in [3.8, 4) is 6.07 Å². The van der Waals surface area contributed by atoms with Crippen LogP contribution in [0.1, 0.15) is 37.8 Å². The molecule has 2 aliphatic rings. The Hall–Kier alpha value is -3.18. The smallest absolute Gasteiger partial charge is 0.138 e. The molecule has 2 aliphatic heterocycles. The van der Waals surface area contributed by atoms with E-state index < -0.39 is 0 Å². The molecule has 0 spiro atoms. The lowest BCUT2D eigenvalue weighted by Crippen LogP contribution is -2.47. The average molecular weight is 403 g/mol. The lowest BCUT2D eigenvalue weighted by atomic mass is 9.97. The summed E-state index contributed by atoms with van der Waals surface area (Å²) in [5.74, 6) is 2.42. The Labute approximate surface area is 175 Å². The number of nitrogens with zero attached hydrogens (tertiary/aromatic N) is 5. The van der Waals surface area contributed by atoms with Gasteiger partial charge in [0.15, 0.2) is 0 Å². The second-order valence-electron chi connectivity index (χ2n) is 8.32. The molecule has 3 N–H and O–H groups in total. The molecule has 0 saturated carbocycles. The van der Waals surface area contributed by atoms with Crippen molar-refractivity contribution in [1.82, 2.24) is 25.1 Å². The molecule has 3 aromatic heterocycles. The lowest BCUT2D eigenvalue weighted by molar-refractivity contribution is 0.136. The Kier molecular flexibility index (Phi) is 4.97. The second-order valence-corrected chi connectivity index (χ2v) is 8.32. The first kappa shape index (κ1) is 18.8. The minimum absolute atomic E-state index is 0.376. The van der Waals surface area contributed by atoms with E-state index in [1.54, 1.807) is 0 Å². The first-order valence-electron chi connectivity index (χ1n) is 10.6. The molecule has 1 unspecified atom stereocenters. The van der Waals surface area contributed by atoms with Gasteiger partial charge in [0.05, 0.1) is 17.3 Å². The van der Waals surface area contributed by atoms with Gasteiger partial charge in [-0.05, 0) is 44.7 Å². The van der Waals surface area contributed by atoms with Gasteiger partial charge in [0, 0.05) is 54.8 Å². The molecule has 3 atom stereocenters. The number of nitrogens with one attached hydrogen (secondary N) is 3. The van der Waals surface area contributed by atoms with Crippen molar-refractivity contribution >= 4 is 28.4 Å². The number of anilines is 3. The highest BCUT2D eigenvalue weighted by Crippen LogP contribution is 2.37. The highest BCUT2D eigenvalue weighted by atomic mass is 15.2. The summed E-state index contributed by atoms with van der Waals surface area (Å²) < 4.78 is 0. The topological polar surface area (TPSA) is 106 Å². The third-order valence-electron chi connectivity index (χ3n) is 6.27. The molecule has 5 rings (SSSR count). The molecule has 2 fully saturated rings. The van der Waals surface area contributed by atoms with E-state index in [4.69, 9.17) is 10.2 Å². The fourth-order valence-corrected chi connectivity index (χ4v) is 5.00. The molecule has 0 amide bonds. The maximum absolute atomic E-state index is 8.96. The summed E-state index contributed by atoms with van der Waals surface area (Å²) in [6.07, 6.45) is 7.05. The van der Waals surface area contributed by atoms with Crippen LogP contribution in [-0.4, -0.2) is 49.7 Å². The number of pyridine rings is 2. The van der Waals surface area contributed by atoms with Crippen molar-refractivity contribution < 1.29 is 0 Å². The van der Waals surface area contributed by atoms with E-state index in [2.05, 4.69) is 42.9 Å². The third-order valence-corrected chi connectivity index (χ3v) is 6.27. The SMILES string of the molecule is Cc1cc(Nc2cc3ncccc3c(NC3C[C@H]4CC[C@@H](C3)N4CCC#N)n2)[nH]n1. The summed E-state index contributed by atoms with van der Waals surface area (Å²) in [5.41, 5.74) is 1.83. The number of aromatic nitrogens is 4. The number of hydrogen-bond acceptors (Lipinski definition) is 7. The number of H-pyrrole nitrogens is 1. The molecule has 8 heteroatoms. The maximum Gasteiger partial charge on any atom is 0.138 e. The van der Waals surface area contributed by atoms with Crippen LogP contribution in [0.15, 0.2) is 30.5 Å². The van der Waals surface area contributed by atoms with Crippen molar-refractivity contribution in [2.45, 2.75) is 57.2 Å². The number of rotatable bonds is 6. The van der Waals surface area contributed by atoms with Gasteiger partial charge in [-0.1, -0.05) is 0 Å². The molecule has 0 aromatic carbocycles. The highest BCUT2D eigenvalue weighted by Gasteiger charge is 2.40. The standard InChI is InChI=1S/C22H26N8/c1-14-10-21(29-28-14)26-20-13-19-18(4-2-8-24-19)22(27-20)25-15-11-16-5-6-17(12-15)30(16)9-3-7-23/h2,4,8,10,13,15-17H,3,5-6,9,11-12H2,1H3,(H3,25,26,27,28,29)/t15?,16-,17+. The number of nitriles is 1. The third kappa shape index (κ3) is 3.68. The van der Waals surface area contributed by atoms with Gasteiger partial charge in [-0.3, -0.25) is 15.0 Å². The second kappa shape index (κ2) is 7.92. The minimum atomic E-state index is 0.376. The van der Waals surface area contributed by atoms with Crippen molar-refractivity contribution in [3.63, 3.8) is 0 Å². The molecular formula is C22H26N8. The Morgan fingerprint density at radius 2 is 2.10 bits per heavy atom. The van der Waals surface area contributed by atoms with Crippen molar-refractivity contribution in [3.05, 3.63) is 36.2 Å². The summed E-state index contributed by atoms with van der Waals surface area (Å²) in [4.78, 5) is 12.0. The quantitative estimate of drug-likeness (QED) is 0.577. The molecule has 2 saturated heterocycles. The first-order chi connectivity index (χ1) is 14.7. The van der Waals surface area contributed by atoms with E-state index in [0.717, 1.165) is 53.4 Å². The summed E-state index contributed by atoms with van der Waals surface area (Å²) in [6, 6.07) is 11.7. The van der Waals surface area contributed by atoms with Crippen LogP contribution in [0.25, 0.3) is 10.9 Å². The summed E-state index contributed by atoms with van der Waals surface area (Å²) >= 11 is 0. The van der Waals surface area contributed by atoms with E-state index >= 15 is 0 Å². The fraction of sp³-hybridized carbons (Fsp3) is 0.455. The number of fused-ring (bicyclic) bond motifs is 3. The zero-order valence-corrected chi connectivity index (χ0v) is 17.1. The van der Waals surface area contributed by atoms with Gasteiger partial charge in [-0.2, -0.15) is 10.4 Å². The molecular weight excluding hydrogens is 376 g/mol. The number of aryl methyl sites for hydroxylation is 1.